The van der Waals surface area contributed by atoms with Crippen molar-refractivity contribution in [3.05, 3.63) is 42.0 Å². The maximum absolute atomic E-state index is 11.1. The van der Waals surface area contributed by atoms with Crippen molar-refractivity contribution in [2.75, 3.05) is 6.61 Å². The molecule has 0 saturated carbocycles. The maximum Gasteiger partial charge on any atom is 0.150 e. The van der Waals surface area contributed by atoms with E-state index in [0.29, 0.717) is 0 Å². The highest BCUT2D eigenvalue weighted by Crippen LogP contribution is 2.28. The summed E-state index contributed by atoms with van der Waals surface area (Å²) < 4.78 is 5.88. The molecule has 0 spiro atoms. The van der Waals surface area contributed by atoms with Gasteiger partial charge in [-0.15, -0.1) is 0 Å². The molecule has 0 aliphatic heterocycles. The second kappa shape index (κ2) is 7.68. The van der Waals surface area contributed by atoms with E-state index in [1.807, 2.05) is 36.4 Å². The topological polar surface area (TPSA) is 26.3 Å². The molecule has 0 aliphatic rings. The van der Waals surface area contributed by atoms with E-state index >= 15 is 0 Å². The molecule has 0 aliphatic carbocycles. The number of aldehydes is 1. The van der Waals surface area contributed by atoms with Gasteiger partial charge in [-0.2, -0.15) is 0 Å². The SMILES string of the molecule is CCCCCCCOc1ccc(C=O)c2ccccc12. The lowest BCUT2D eigenvalue weighted by molar-refractivity contribution is 0.112. The molecule has 0 radical (unpaired) electrons. The Bertz CT molecular complexity index is 560. The molecule has 0 heterocycles. The van der Waals surface area contributed by atoms with Gasteiger partial charge in [0.1, 0.15) is 5.75 Å². The predicted octanol–water partition coefficient (Wildman–Crippen LogP) is 5.00. The van der Waals surface area contributed by atoms with Crippen LogP contribution in [0.4, 0.5) is 0 Å². The Morgan fingerprint density at radius 2 is 1.70 bits per heavy atom. The molecule has 0 aromatic heterocycles. The van der Waals surface area contributed by atoms with E-state index in [1.165, 1.54) is 25.7 Å². The lowest BCUT2D eigenvalue weighted by Gasteiger charge is -2.10. The Balaban J connectivity index is 2.02. The number of benzene rings is 2. The van der Waals surface area contributed by atoms with Crippen LogP contribution in [0.15, 0.2) is 36.4 Å². The minimum absolute atomic E-state index is 0.718. The van der Waals surface area contributed by atoms with Crippen LogP contribution in [0.3, 0.4) is 0 Å². The van der Waals surface area contributed by atoms with Gasteiger partial charge in [0.25, 0.3) is 0 Å². The fourth-order valence-corrected chi connectivity index (χ4v) is 2.41. The smallest absolute Gasteiger partial charge is 0.150 e. The molecule has 2 rings (SSSR count). The van der Waals surface area contributed by atoms with Crippen molar-refractivity contribution in [1.29, 1.82) is 0 Å². The fourth-order valence-electron chi connectivity index (χ4n) is 2.41. The van der Waals surface area contributed by atoms with Gasteiger partial charge in [-0.1, -0.05) is 56.9 Å². The van der Waals surface area contributed by atoms with E-state index in [9.17, 15) is 4.79 Å². The normalized spacial score (nSPS) is 10.7. The molecule has 0 atom stereocenters. The minimum Gasteiger partial charge on any atom is -0.493 e. The van der Waals surface area contributed by atoms with Crippen LogP contribution in [0.2, 0.25) is 0 Å². The van der Waals surface area contributed by atoms with Crippen LogP contribution in [-0.4, -0.2) is 12.9 Å². The first-order valence-electron chi connectivity index (χ1n) is 7.46. The summed E-state index contributed by atoms with van der Waals surface area (Å²) in [5, 5.41) is 1.98. The molecular formula is C18H22O2. The van der Waals surface area contributed by atoms with Crippen molar-refractivity contribution in [3.63, 3.8) is 0 Å². The standard InChI is InChI=1S/C18H22O2/c1-2-3-4-5-8-13-20-18-12-11-15(14-19)16-9-6-7-10-17(16)18/h6-7,9-12,14H,2-5,8,13H2,1H3. The Morgan fingerprint density at radius 3 is 2.45 bits per heavy atom. The number of ether oxygens (including phenoxy) is 1. The summed E-state index contributed by atoms with van der Waals surface area (Å²) in [5.74, 6) is 0.877. The second-order valence-corrected chi connectivity index (χ2v) is 5.08. The van der Waals surface area contributed by atoms with Gasteiger partial charge in [0.05, 0.1) is 6.61 Å². The molecule has 0 bridgehead atoms. The van der Waals surface area contributed by atoms with Gasteiger partial charge < -0.3 is 4.74 Å². The summed E-state index contributed by atoms with van der Waals surface area (Å²) >= 11 is 0. The third-order valence-corrected chi connectivity index (χ3v) is 3.55. The first kappa shape index (κ1) is 14.6. The van der Waals surface area contributed by atoms with Gasteiger partial charge in [0.15, 0.2) is 6.29 Å². The molecule has 0 N–H and O–H groups in total. The quantitative estimate of drug-likeness (QED) is 0.498. The van der Waals surface area contributed by atoms with E-state index in [-0.39, 0.29) is 0 Å². The van der Waals surface area contributed by atoms with Gasteiger partial charge in [0.2, 0.25) is 0 Å². The van der Waals surface area contributed by atoms with E-state index in [0.717, 1.165) is 41.4 Å². The van der Waals surface area contributed by atoms with Crippen LogP contribution < -0.4 is 4.74 Å². The highest BCUT2D eigenvalue weighted by molar-refractivity contribution is 6.00. The summed E-state index contributed by atoms with van der Waals surface area (Å²) in [4.78, 5) is 11.1. The number of carbonyl (C=O) groups excluding carboxylic acids is 1. The lowest BCUT2D eigenvalue weighted by Crippen LogP contribution is -1.98. The lowest BCUT2D eigenvalue weighted by atomic mass is 10.0. The van der Waals surface area contributed by atoms with Crippen molar-refractivity contribution < 1.29 is 9.53 Å². The Hall–Kier alpha value is -1.83. The second-order valence-electron chi connectivity index (χ2n) is 5.08. The third kappa shape index (κ3) is 3.60. The van der Waals surface area contributed by atoms with Crippen LogP contribution in [0.1, 0.15) is 49.4 Å². The summed E-state index contributed by atoms with van der Waals surface area (Å²) in [7, 11) is 0. The van der Waals surface area contributed by atoms with Crippen LogP contribution >= 0.6 is 0 Å². The molecule has 106 valence electrons. The zero-order valence-electron chi connectivity index (χ0n) is 12.1. The van der Waals surface area contributed by atoms with Crippen molar-refractivity contribution in [2.24, 2.45) is 0 Å². The summed E-state index contributed by atoms with van der Waals surface area (Å²) in [5.41, 5.74) is 0.718. The van der Waals surface area contributed by atoms with E-state index in [1.54, 1.807) is 0 Å². The number of hydrogen-bond acceptors (Lipinski definition) is 2. The molecule has 0 fully saturated rings. The fraction of sp³-hybridized carbons (Fsp3) is 0.389. The van der Waals surface area contributed by atoms with Gasteiger partial charge >= 0.3 is 0 Å². The van der Waals surface area contributed by atoms with Gasteiger partial charge in [-0.05, 0) is 23.9 Å². The molecule has 2 aromatic rings. The average Bonchev–Trinajstić information content (AvgIpc) is 2.50. The van der Waals surface area contributed by atoms with Gasteiger partial charge in [-0.3, -0.25) is 4.79 Å². The average molecular weight is 270 g/mol. The van der Waals surface area contributed by atoms with E-state index in [2.05, 4.69) is 6.92 Å². The van der Waals surface area contributed by atoms with Crippen LogP contribution in [0.25, 0.3) is 10.8 Å². The van der Waals surface area contributed by atoms with Crippen LogP contribution in [0, 0.1) is 0 Å². The van der Waals surface area contributed by atoms with Gasteiger partial charge in [0, 0.05) is 10.9 Å². The maximum atomic E-state index is 11.1. The number of rotatable bonds is 8. The molecule has 2 nitrogen and oxygen atoms in total. The summed E-state index contributed by atoms with van der Waals surface area (Å²) in [6, 6.07) is 11.6. The first-order valence-corrected chi connectivity index (χ1v) is 7.46. The van der Waals surface area contributed by atoms with Crippen molar-refractivity contribution in [2.45, 2.75) is 39.0 Å². The number of unbranched alkanes of at least 4 members (excludes halogenated alkanes) is 4. The minimum atomic E-state index is 0.718. The monoisotopic (exact) mass is 270 g/mol. The molecule has 0 unspecified atom stereocenters. The highest BCUT2D eigenvalue weighted by atomic mass is 16.5. The summed E-state index contributed by atoms with van der Waals surface area (Å²) in [6.45, 7) is 2.96. The molecule has 0 amide bonds. The predicted molar refractivity (Wildman–Crippen MR) is 83.6 cm³/mol. The third-order valence-electron chi connectivity index (χ3n) is 3.55. The zero-order valence-corrected chi connectivity index (χ0v) is 12.1. The Morgan fingerprint density at radius 1 is 0.950 bits per heavy atom. The van der Waals surface area contributed by atoms with Crippen molar-refractivity contribution in [3.8, 4) is 5.75 Å². The number of hydrogen-bond donors (Lipinski definition) is 0. The molecular weight excluding hydrogens is 248 g/mol. The van der Waals surface area contributed by atoms with Crippen LogP contribution in [0.5, 0.6) is 5.75 Å². The van der Waals surface area contributed by atoms with Crippen molar-refractivity contribution >= 4 is 17.1 Å². The Kier molecular flexibility index (Phi) is 5.60. The van der Waals surface area contributed by atoms with Gasteiger partial charge in [-0.25, -0.2) is 0 Å². The first-order chi connectivity index (χ1) is 9.86. The Labute approximate surface area is 120 Å². The largest absolute Gasteiger partial charge is 0.493 e. The van der Waals surface area contributed by atoms with Crippen LogP contribution in [-0.2, 0) is 0 Å². The number of carbonyl (C=O) groups is 1. The van der Waals surface area contributed by atoms with Crippen molar-refractivity contribution in [1.82, 2.24) is 0 Å². The van der Waals surface area contributed by atoms with E-state index in [4.69, 9.17) is 4.74 Å². The zero-order chi connectivity index (χ0) is 14.2. The highest BCUT2D eigenvalue weighted by Gasteiger charge is 2.05. The summed E-state index contributed by atoms with van der Waals surface area (Å²) in [6.07, 6.45) is 7.05. The molecule has 0 saturated heterocycles. The number of fused-ring (bicyclic) bond motifs is 1. The molecule has 2 aromatic carbocycles. The molecule has 2 heteroatoms. The van der Waals surface area contributed by atoms with E-state index < -0.39 is 0 Å². The molecule has 20 heavy (non-hydrogen) atoms.